The minimum Gasteiger partial charge on any atom is -0.345 e. The summed E-state index contributed by atoms with van der Waals surface area (Å²) in [5.74, 6) is 0.918. The lowest BCUT2D eigenvalue weighted by molar-refractivity contribution is 1.23. The largest absolute Gasteiger partial charge is 0.345 e. The van der Waals surface area contributed by atoms with Gasteiger partial charge in [0.1, 0.15) is 5.82 Å². The first-order valence-corrected chi connectivity index (χ1v) is 4.27. The summed E-state index contributed by atoms with van der Waals surface area (Å²) in [5.41, 5.74) is 0. The first kappa shape index (κ1) is 7.54. The molecule has 0 saturated heterocycles. The number of hydrogen-bond donors (Lipinski definition) is 1. The summed E-state index contributed by atoms with van der Waals surface area (Å²) in [5, 5.41) is 1.00. The quantitative estimate of drug-likeness (QED) is 0.746. The molecule has 0 fully saturated rings. The molecule has 0 amide bonds. The maximum atomic E-state index is 4.03. The van der Waals surface area contributed by atoms with Gasteiger partial charge >= 0.3 is 0 Å². The molecule has 1 aromatic heterocycles. The third-order valence-electron chi connectivity index (χ3n) is 1.07. The van der Waals surface area contributed by atoms with Gasteiger partial charge in [0.2, 0.25) is 0 Å². The molecule has 0 spiro atoms. The number of hydrogen-bond acceptors (Lipinski definition) is 1. The second-order valence-electron chi connectivity index (χ2n) is 1.85. The molecule has 10 heavy (non-hydrogen) atoms. The van der Waals surface area contributed by atoms with E-state index in [4.69, 9.17) is 0 Å². The fourth-order valence-electron chi connectivity index (χ4n) is 0.627. The third kappa shape index (κ3) is 2.35. The summed E-state index contributed by atoms with van der Waals surface area (Å²) in [4.78, 5) is 7.01. The standard InChI is InChI=1S/C7H9BrN2/c8-4-2-1-3-7-9-5-6-10-7/h1,3,5-6H,2,4H2,(H,9,10). The molecule has 0 atom stereocenters. The molecule has 1 rings (SSSR count). The summed E-state index contributed by atoms with van der Waals surface area (Å²) in [7, 11) is 0. The van der Waals surface area contributed by atoms with Crippen molar-refractivity contribution < 1.29 is 0 Å². The monoisotopic (exact) mass is 200 g/mol. The van der Waals surface area contributed by atoms with Crippen molar-refractivity contribution in [3.63, 3.8) is 0 Å². The Balaban J connectivity index is 2.40. The molecule has 0 radical (unpaired) electrons. The van der Waals surface area contributed by atoms with E-state index in [0.29, 0.717) is 0 Å². The van der Waals surface area contributed by atoms with Gasteiger partial charge in [0.05, 0.1) is 0 Å². The van der Waals surface area contributed by atoms with Crippen LogP contribution in [0.3, 0.4) is 0 Å². The van der Waals surface area contributed by atoms with Crippen LogP contribution < -0.4 is 0 Å². The molecule has 3 heteroatoms. The maximum absolute atomic E-state index is 4.03. The Bertz CT molecular complexity index is 191. The normalized spacial score (nSPS) is 10.9. The van der Waals surface area contributed by atoms with Crippen LogP contribution in [0.5, 0.6) is 0 Å². The Kier molecular flexibility index (Phi) is 3.22. The summed E-state index contributed by atoms with van der Waals surface area (Å²) >= 11 is 3.33. The predicted molar refractivity (Wildman–Crippen MR) is 46.0 cm³/mol. The van der Waals surface area contributed by atoms with Crippen LogP contribution in [0.15, 0.2) is 18.5 Å². The summed E-state index contributed by atoms with van der Waals surface area (Å²) < 4.78 is 0. The van der Waals surface area contributed by atoms with Crippen molar-refractivity contribution in [3.05, 3.63) is 24.3 Å². The molecule has 0 aliphatic rings. The average Bonchev–Trinajstić information content (AvgIpc) is 2.41. The molecule has 0 saturated carbocycles. The molecule has 1 aromatic rings. The highest BCUT2D eigenvalue weighted by atomic mass is 79.9. The van der Waals surface area contributed by atoms with Crippen molar-refractivity contribution in [3.8, 4) is 0 Å². The van der Waals surface area contributed by atoms with Crippen molar-refractivity contribution >= 4 is 22.0 Å². The highest BCUT2D eigenvalue weighted by Gasteiger charge is 1.83. The van der Waals surface area contributed by atoms with Crippen LogP contribution in [-0.4, -0.2) is 15.3 Å². The Hall–Kier alpha value is -0.570. The summed E-state index contributed by atoms with van der Waals surface area (Å²) in [6, 6.07) is 0. The lowest BCUT2D eigenvalue weighted by atomic mass is 10.4. The molecule has 54 valence electrons. The fraction of sp³-hybridized carbons (Fsp3) is 0.286. The van der Waals surface area contributed by atoms with Gasteiger partial charge in [-0.3, -0.25) is 0 Å². The Morgan fingerprint density at radius 1 is 1.70 bits per heavy atom. The topological polar surface area (TPSA) is 28.7 Å². The summed E-state index contributed by atoms with van der Waals surface area (Å²) in [6.07, 6.45) is 8.65. The van der Waals surface area contributed by atoms with Gasteiger partial charge in [0.15, 0.2) is 0 Å². The molecule has 0 aliphatic heterocycles. The lowest BCUT2D eigenvalue weighted by Gasteiger charge is -1.82. The van der Waals surface area contributed by atoms with Crippen LogP contribution in [0.4, 0.5) is 0 Å². The van der Waals surface area contributed by atoms with Crippen molar-refractivity contribution in [2.24, 2.45) is 0 Å². The number of nitrogens with zero attached hydrogens (tertiary/aromatic N) is 1. The van der Waals surface area contributed by atoms with Crippen molar-refractivity contribution in [1.82, 2.24) is 9.97 Å². The molecule has 0 unspecified atom stereocenters. The zero-order chi connectivity index (χ0) is 7.23. The predicted octanol–water partition coefficient (Wildman–Crippen LogP) is 2.21. The average molecular weight is 201 g/mol. The molecule has 2 nitrogen and oxygen atoms in total. The zero-order valence-corrected chi connectivity index (χ0v) is 7.13. The number of nitrogens with one attached hydrogen (secondary N) is 1. The maximum Gasteiger partial charge on any atom is 0.129 e. The van der Waals surface area contributed by atoms with Gasteiger partial charge in [-0.15, -0.1) is 0 Å². The fourth-order valence-corrected chi connectivity index (χ4v) is 0.891. The van der Waals surface area contributed by atoms with Crippen molar-refractivity contribution in [2.75, 3.05) is 5.33 Å². The van der Waals surface area contributed by atoms with Gasteiger partial charge in [0, 0.05) is 17.7 Å². The van der Waals surface area contributed by atoms with Crippen LogP contribution >= 0.6 is 15.9 Å². The number of rotatable bonds is 3. The molecule has 1 heterocycles. The Labute approximate surface area is 68.5 Å². The molecule has 1 N–H and O–H groups in total. The van der Waals surface area contributed by atoms with E-state index in [9.17, 15) is 0 Å². The minimum atomic E-state index is 0.918. The molecule has 0 bridgehead atoms. The summed E-state index contributed by atoms with van der Waals surface area (Å²) in [6.45, 7) is 0. The number of alkyl halides is 1. The van der Waals surface area contributed by atoms with E-state index in [1.807, 2.05) is 12.3 Å². The molecule has 0 aromatic carbocycles. The molecule has 0 aliphatic carbocycles. The SMILES string of the molecule is BrCCC=Cc1ncc[nH]1. The Morgan fingerprint density at radius 3 is 3.20 bits per heavy atom. The van der Waals surface area contributed by atoms with E-state index < -0.39 is 0 Å². The second kappa shape index (κ2) is 4.28. The van der Waals surface area contributed by atoms with Gasteiger partial charge in [-0.1, -0.05) is 22.0 Å². The first-order chi connectivity index (χ1) is 4.93. The van der Waals surface area contributed by atoms with Crippen LogP contribution in [0.2, 0.25) is 0 Å². The molecular formula is C7H9BrN2. The number of allylic oxidation sites excluding steroid dienone is 1. The van der Waals surface area contributed by atoms with Gasteiger partial charge in [0.25, 0.3) is 0 Å². The number of imidazole rings is 1. The lowest BCUT2D eigenvalue weighted by Crippen LogP contribution is -1.72. The van der Waals surface area contributed by atoms with E-state index in [0.717, 1.165) is 17.6 Å². The van der Waals surface area contributed by atoms with Crippen LogP contribution in [0.1, 0.15) is 12.2 Å². The van der Waals surface area contributed by atoms with Gasteiger partial charge in [-0.05, 0) is 12.5 Å². The van der Waals surface area contributed by atoms with Gasteiger partial charge < -0.3 is 4.98 Å². The number of aromatic amines is 1. The van der Waals surface area contributed by atoms with Gasteiger partial charge in [-0.2, -0.15) is 0 Å². The van der Waals surface area contributed by atoms with Crippen LogP contribution in [0, 0.1) is 0 Å². The number of aromatic nitrogens is 2. The van der Waals surface area contributed by atoms with E-state index in [1.54, 1.807) is 6.20 Å². The first-order valence-electron chi connectivity index (χ1n) is 3.15. The third-order valence-corrected chi connectivity index (χ3v) is 1.53. The zero-order valence-electron chi connectivity index (χ0n) is 5.55. The molecular weight excluding hydrogens is 192 g/mol. The second-order valence-corrected chi connectivity index (χ2v) is 2.65. The van der Waals surface area contributed by atoms with Crippen LogP contribution in [-0.2, 0) is 0 Å². The van der Waals surface area contributed by atoms with Crippen molar-refractivity contribution in [1.29, 1.82) is 0 Å². The van der Waals surface area contributed by atoms with E-state index in [-0.39, 0.29) is 0 Å². The van der Waals surface area contributed by atoms with Crippen molar-refractivity contribution in [2.45, 2.75) is 6.42 Å². The highest BCUT2D eigenvalue weighted by molar-refractivity contribution is 9.09. The number of halogens is 1. The van der Waals surface area contributed by atoms with E-state index in [1.165, 1.54) is 0 Å². The Morgan fingerprint density at radius 2 is 2.60 bits per heavy atom. The van der Waals surface area contributed by atoms with Crippen LogP contribution in [0.25, 0.3) is 6.08 Å². The minimum absolute atomic E-state index is 0.918. The van der Waals surface area contributed by atoms with Gasteiger partial charge in [-0.25, -0.2) is 4.98 Å². The highest BCUT2D eigenvalue weighted by Crippen LogP contribution is 1.95. The smallest absolute Gasteiger partial charge is 0.129 e. The van der Waals surface area contributed by atoms with E-state index in [2.05, 4.69) is 32.0 Å². The number of H-pyrrole nitrogens is 1. The van der Waals surface area contributed by atoms with E-state index >= 15 is 0 Å².